The Morgan fingerprint density at radius 1 is 0.667 bits per heavy atom. The lowest BCUT2D eigenvalue weighted by molar-refractivity contribution is 0.173. The van der Waals surface area contributed by atoms with Gasteiger partial charge in [0.25, 0.3) is 0 Å². The zero-order valence-electron chi connectivity index (χ0n) is 20.4. The van der Waals surface area contributed by atoms with Gasteiger partial charge < -0.3 is 9.80 Å². The maximum atomic E-state index is 2.45. The van der Waals surface area contributed by atoms with Gasteiger partial charge in [0, 0.05) is 14.5 Å². The summed E-state index contributed by atoms with van der Waals surface area (Å²) >= 11 is 0. The monoisotopic (exact) mass is 389 g/mol. The van der Waals surface area contributed by atoms with Crippen LogP contribution in [0.5, 0.6) is 0 Å². The third kappa shape index (κ3) is 19.0. The molecule has 0 saturated carbocycles. The topological polar surface area (TPSA) is 6.48 Å². The molecule has 27 heavy (non-hydrogen) atoms. The van der Waals surface area contributed by atoms with Crippen LogP contribution in [0.4, 0.5) is 0 Å². The van der Waals surface area contributed by atoms with Crippen LogP contribution in [0.25, 0.3) is 0 Å². The van der Waals surface area contributed by atoms with Crippen molar-refractivity contribution in [2.75, 3.05) is 40.3 Å². The first kappa shape index (κ1) is 31.6. The fourth-order valence-corrected chi connectivity index (χ4v) is 3.50. The molecule has 2 unspecified atom stereocenters. The summed E-state index contributed by atoms with van der Waals surface area (Å²) in [4.78, 5) is 4.91. The Balaban J connectivity index is -0.000000153. The van der Waals surface area contributed by atoms with Crippen LogP contribution >= 0.6 is 0 Å². The molecule has 2 atom stereocenters. The minimum Gasteiger partial charge on any atom is -0.306 e. The van der Waals surface area contributed by atoms with E-state index in [1.807, 2.05) is 13.8 Å². The van der Waals surface area contributed by atoms with Crippen LogP contribution in [-0.2, 0) is 0 Å². The van der Waals surface area contributed by atoms with E-state index in [9.17, 15) is 0 Å². The molecule has 2 nitrogen and oxygen atoms in total. The molecule has 0 aromatic rings. The van der Waals surface area contributed by atoms with Crippen molar-refractivity contribution in [1.29, 1.82) is 0 Å². The molecular formula is C25H60N2. The summed E-state index contributed by atoms with van der Waals surface area (Å²) in [5, 5.41) is 0. The van der Waals surface area contributed by atoms with Gasteiger partial charge in [-0.3, -0.25) is 0 Å². The van der Waals surface area contributed by atoms with Gasteiger partial charge in [-0.05, 0) is 82.5 Å². The summed E-state index contributed by atoms with van der Waals surface area (Å²) in [7, 11) is 4.46. The number of hydrogen-bond donors (Lipinski definition) is 0. The highest BCUT2D eigenvalue weighted by molar-refractivity contribution is 4.73. The Bertz CT molecular complexity index is 264. The molecule has 0 aromatic heterocycles. The molecule has 0 spiro atoms. The van der Waals surface area contributed by atoms with Crippen molar-refractivity contribution >= 4 is 0 Å². The van der Waals surface area contributed by atoms with Gasteiger partial charge in [0.2, 0.25) is 0 Å². The highest BCUT2D eigenvalue weighted by atomic mass is 15.1. The van der Waals surface area contributed by atoms with Crippen LogP contribution in [0.1, 0.15) is 96.9 Å². The molecule has 0 N–H and O–H groups in total. The smallest absolute Gasteiger partial charge is 0.000906 e. The Labute approximate surface area is 177 Å². The van der Waals surface area contributed by atoms with E-state index in [4.69, 9.17) is 0 Å². The molecule has 2 rings (SSSR count). The summed E-state index contributed by atoms with van der Waals surface area (Å²) < 4.78 is 0. The lowest BCUT2D eigenvalue weighted by Crippen LogP contribution is -2.34. The molecule has 2 heterocycles. The molecule has 0 aliphatic carbocycles. The van der Waals surface area contributed by atoms with E-state index in [0.29, 0.717) is 0 Å². The number of nitrogens with zero attached hydrogens (tertiary/aromatic N) is 2. The van der Waals surface area contributed by atoms with Crippen molar-refractivity contribution in [3.05, 3.63) is 0 Å². The lowest BCUT2D eigenvalue weighted by Gasteiger charge is -2.31. The number of piperidine rings is 2. The minimum absolute atomic E-state index is 0. The van der Waals surface area contributed by atoms with Gasteiger partial charge in [-0.15, -0.1) is 0 Å². The van der Waals surface area contributed by atoms with Crippen molar-refractivity contribution in [3.63, 3.8) is 0 Å². The summed E-state index contributed by atoms with van der Waals surface area (Å²) in [6, 6.07) is 0. The average molecular weight is 390 g/mol. The maximum Gasteiger partial charge on any atom is 0.000906 e. The van der Waals surface area contributed by atoms with E-state index >= 15 is 0 Å². The normalized spacial score (nSPS) is 23.3. The fourth-order valence-electron chi connectivity index (χ4n) is 3.50. The highest BCUT2D eigenvalue weighted by Crippen LogP contribution is 2.22. The van der Waals surface area contributed by atoms with Crippen molar-refractivity contribution in [2.45, 2.75) is 95.4 Å². The Morgan fingerprint density at radius 3 is 1.07 bits per heavy atom. The lowest BCUT2D eigenvalue weighted by atomic mass is 9.88. The molecule has 170 valence electrons. The summed E-state index contributed by atoms with van der Waals surface area (Å²) in [6.07, 6.45) is 5.70. The Kier molecular flexibility index (Phi) is 22.5. The average Bonchev–Trinajstić information content (AvgIpc) is 2.57. The quantitative estimate of drug-likeness (QED) is 0.481. The first-order chi connectivity index (χ1) is 12.1. The molecule has 2 saturated heterocycles. The summed E-state index contributed by atoms with van der Waals surface area (Å²) in [5.74, 6) is 4.50. The zero-order valence-corrected chi connectivity index (χ0v) is 20.4. The maximum absolute atomic E-state index is 2.45. The number of likely N-dealkylation sites (tertiary alicyclic amines) is 2. The van der Waals surface area contributed by atoms with E-state index in [1.165, 1.54) is 51.9 Å². The van der Waals surface area contributed by atoms with Crippen LogP contribution in [-0.4, -0.2) is 50.1 Å². The van der Waals surface area contributed by atoms with Gasteiger partial charge in [-0.1, -0.05) is 69.7 Å². The molecule has 2 aliphatic rings. The first-order valence-corrected chi connectivity index (χ1v) is 11.5. The third-order valence-corrected chi connectivity index (χ3v) is 5.21. The predicted molar refractivity (Wildman–Crippen MR) is 131 cm³/mol. The molecule has 0 aromatic carbocycles. The van der Waals surface area contributed by atoms with Crippen molar-refractivity contribution in [3.8, 4) is 0 Å². The van der Waals surface area contributed by atoms with Crippen molar-refractivity contribution < 1.29 is 1.43 Å². The molecule has 0 bridgehead atoms. The van der Waals surface area contributed by atoms with E-state index in [0.717, 1.165) is 29.6 Å². The molecule has 0 amide bonds. The van der Waals surface area contributed by atoms with Gasteiger partial charge in [0.05, 0.1) is 0 Å². The van der Waals surface area contributed by atoms with Gasteiger partial charge >= 0.3 is 0 Å². The largest absolute Gasteiger partial charge is 0.306 e. The third-order valence-electron chi connectivity index (χ3n) is 5.21. The fraction of sp³-hybridized carbons (Fsp3) is 1.00. The van der Waals surface area contributed by atoms with E-state index in [2.05, 4.69) is 72.4 Å². The van der Waals surface area contributed by atoms with Crippen molar-refractivity contribution in [2.24, 2.45) is 29.6 Å². The Morgan fingerprint density at radius 2 is 0.926 bits per heavy atom. The van der Waals surface area contributed by atoms with E-state index in [1.54, 1.807) is 0 Å². The van der Waals surface area contributed by atoms with Crippen LogP contribution in [0.2, 0.25) is 0 Å². The Hall–Kier alpha value is -0.0800. The van der Waals surface area contributed by atoms with Crippen LogP contribution in [0.3, 0.4) is 0 Å². The van der Waals surface area contributed by atoms with Gasteiger partial charge in [-0.25, -0.2) is 0 Å². The highest BCUT2D eigenvalue weighted by Gasteiger charge is 2.20. The molecule has 2 aliphatic heterocycles. The predicted octanol–water partition coefficient (Wildman–Crippen LogP) is 7.54. The van der Waals surface area contributed by atoms with Gasteiger partial charge in [-0.2, -0.15) is 0 Å². The summed E-state index contributed by atoms with van der Waals surface area (Å²) in [5.41, 5.74) is 0. The second-order valence-electron chi connectivity index (χ2n) is 9.55. The number of rotatable bonds is 2. The molecule has 0 radical (unpaired) electrons. The standard InChI is InChI=1S/2C9H19N.C4H10.C2H6.CH4.H2/c2*1-8(2)9-5-4-6-10(3)7-9;1-4(2)3;1-2;;/h2*8-9H,4-7H2,1-3H3;4H,1-3H3;1-2H3;1H4;1H/i;;;;;1+1. The molecular weight excluding hydrogens is 328 g/mol. The van der Waals surface area contributed by atoms with Crippen LogP contribution < -0.4 is 0 Å². The zero-order chi connectivity index (χ0) is 20.7. The van der Waals surface area contributed by atoms with E-state index < -0.39 is 0 Å². The molecule has 2 fully saturated rings. The minimum atomic E-state index is 0. The van der Waals surface area contributed by atoms with Gasteiger partial charge in [0.1, 0.15) is 0 Å². The first-order valence-electron chi connectivity index (χ1n) is 11.5. The number of hydrogen-bond acceptors (Lipinski definition) is 2. The van der Waals surface area contributed by atoms with E-state index in [-0.39, 0.29) is 8.85 Å². The summed E-state index contributed by atoms with van der Waals surface area (Å²) in [6.45, 7) is 25.1. The SMILES string of the molecule is C.CC.CC(C)C.CC(C)C1CCCN(C)C1.CC(C)C1CCCN(C)C1.[2HH]. The van der Waals surface area contributed by atoms with Crippen LogP contribution in [0, 0.1) is 29.6 Å². The van der Waals surface area contributed by atoms with Crippen LogP contribution in [0.15, 0.2) is 0 Å². The van der Waals surface area contributed by atoms with Crippen molar-refractivity contribution in [1.82, 2.24) is 9.80 Å². The van der Waals surface area contributed by atoms with Gasteiger partial charge in [0.15, 0.2) is 0 Å². The second kappa shape index (κ2) is 19.2. The molecule has 2 heteroatoms. The second-order valence-corrected chi connectivity index (χ2v) is 9.55.